The Morgan fingerprint density at radius 1 is 1.62 bits per heavy atom. The topological polar surface area (TPSA) is 51.0 Å². The van der Waals surface area contributed by atoms with Crippen molar-refractivity contribution >= 4 is 22.1 Å². The van der Waals surface area contributed by atoms with Gasteiger partial charge in [-0.15, -0.1) is 0 Å². The van der Waals surface area contributed by atoms with E-state index in [4.69, 9.17) is 14.7 Å². The number of rotatable bonds is 2. The summed E-state index contributed by atoms with van der Waals surface area (Å²) in [5.41, 5.74) is 1.80. The Labute approximate surface area is 102 Å². The van der Waals surface area contributed by atoms with Crippen molar-refractivity contribution in [1.82, 2.24) is 0 Å². The first-order chi connectivity index (χ1) is 7.77. The smallest absolute Gasteiger partial charge is 0.134 e. The van der Waals surface area contributed by atoms with Crippen molar-refractivity contribution in [2.24, 2.45) is 5.16 Å². The minimum atomic E-state index is 0.692. The highest BCUT2D eigenvalue weighted by molar-refractivity contribution is 9.10. The van der Waals surface area contributed by atoms with Gasteiger partial charge < -0.3 is 14.7 Å². The van der Waals surface area contributed by atoms with Crippen molar-refractivity contribution in [3.05, 3.63) is 21.7 Å². The maximum atomic E-state index is 8.62. The summed E-state index contributed by atoms with van der Waals surface area (Å²) in [7, 11) is 1.61. The molecule has 0 aliphatic carbocycles. The van der Waals surface area contributed by atoms with E-state index in [-0.39, 0.29) is 0 Å². The fraction of sp³-hybridized carbons (Fsp3) is 0.364. The van der Waals surface area contributed by atoms with Crippen LogP contribution in [0.1, 0.15) is 17.5 Å². The van der Waals surface area contributed by atoms with Crippen molar-refractivity contribution in [3.63, 3.8) is 0 Å². The van der Waals surface area contributed by atoms with E-state index in [2.05, 4.69) is 21.1 Å². The number of ether oxygens (including phenoxy) is 2. The minimum absolute atomic E-state index is 0.692. The van der Waals surface area contributed by atoms with Crippen molar-refractivity contribution in [2.75, 3.05) is 13.7 Å². The van der Waals surface area contributed by atoms with E-state index in [1.165, 1.54) is 6.21 Å². The largest absolute Gasteiger partial charge is 0.496 e. The fourth-order valence-electron chi connectivity index (χ4n) is 1.82. The molecule has 0 unspecified atom stereocenters. The Morgan fingerprint density at radius 3 is 3.12 bits per heavy atom. The van der Waals surface area contributed by atoms with Crippen LogP contribution in [0, 0.1) is 0 Å². The molecule has 0 fully saturated rings. The molecule has 4 nitrogen and oxygen atoms in total. The maximum absolute atomic E-state index is 8.62. The Kier molecular flexibility index (Phi) is 3.33. The van der Waals surface area contributed by atoms with Gasteiger partial charge in [0, 0.05) is 11.1 Å². The first-order valence-electron chi connectivity index (χ1n) is 4.97. The third-order valence-electron chi connectivity index (χ3n) is 2.54. The Balaban J connectivity index is 2.61. The van der Waals surface area contributed by atoms with Crippen LogP contribution in [0.4, 0.5) is 0 Å². The van der Waals surface area contributed by atoms with Gasteiger partial charge in [-0.3, -0.25) is 0 Å². The molecule has 1 N–H and O–H groups in total. The second-order valence-electron chi connectivity index (χ2n) is 3.49. The zero-order chi connectivity index (χ0) is 11.5. The predicted octanol–water partition coefficient (Wildman–Crippen LogP) is 2.59. The lowest BCUT2D eigenvalue weighted by atomic mass is 10.0. The quantitative estimate of drug-likeness (QED) is 0.516. The first kappa shape index (κ1) is 11.3. The molecule has 1 heterocycles. The van der Waals surface area contributed by atoms with E-state index < -0.39 is 0 Å². The van der Waals surface area contributed by atoms with E-state index in [1.807, 2.05) is 0 Å². The van der Waals surface area contributed by atoms with Crippen LogP contribution in [0.2, 0.25) is 0 Å². The normalized spacial score (nSPS) is 14.6. The zero-order valence-corrected chi connectivity index (χ0v) is 10.5. The predicted molar refractivity (Wildman–Crippen MR) is 63.9 cm³/mol. The summed E-state index contributed by atoms with van der Waals surface area (Å²) >= 11 is 3.50. The Hall–Kier alpha value is -1.23. The molecule has 0 atom stereocenters. The molecule has 0 saturated heterocycles. The van der Waals surface area contributed by atoms with Gasteiger partial charge in [0.15, 0.2) is 0 Å². The monoisotopic (exact) mass is 285 g/mol. The molecular formula is C11H12BrNO3. The SMILES string of the molecule is COc1cc(C=NO)c2c(c1Br)CCCO2. The molecule has 2 rings (SSSR count). The average Bonchev–Trinajstić information content (AvgIpc) is 2.33. The van der Waals surface area contributed by atoms with Crippen LogP contribution in [-0.4, -0.2) is 25.1 Å². The van der Waals surface area contributed by atoms with Gasteiger partial charge in [-0.2, -0.15) is 0 Å². The van der Waals surface area contributed by atoms with Gasteiger partial charge in [-0.05, 0) is 34.8 Å². The van der Waals surface area contributed by atoms with Gasteiger partial charge in [0.25, 0.3) is 0 Å². The van der Waals surface area contributed by atoms with E-state index >= 15 is 0 Å². The molecule has 1 aliphatic rings. The molecule has 0 spiro atoms. The molecule has 1 aromatic rings. The standard InChI is InChI=1S/C11H12BrNO3/c1-15-9-5-7(6-13-14)11-8(10(9)12)3-2-4-16-11/h5-6,14H,2-4H2,1H3. The third kappa shape index (κ3) is 1.87. The van der Waals surface area contributed by atoms with Crippen molar-refractivity contribution in [3.8, 4) is 11.5 Å². The molecular weight excluding hydrogens is 274 g/mol. The van der Waals surface area contributed by atoms with Gasteiger partial charge in [-0.1, -0.05) is 5.16 Å². The van der Waals surface area contributed by atoms with E-state index in [1.54, 1.807) is 13.2 Å². The Bertz CT molecular complexity index is 432. The van der Waals surface area contributed by atoms with Crippen LogP contribution in [-0.2, 0) is 6.42 Å². The second kappa shape index (κ2) is 4.74. The molecule has 0 amide bonds. The van der Waals surface area contributed by atoms with E-state index in [9.17, 15) is 0 Å². The third-order valence-corrected chi connectivity index (χ3v) is 3.41. The van der Waals surface area contributed by atoms with Gasteiger partial charge in [0.1, 0.15) is 11.5 Å². The second-order valence-corrected chi connectivity index (χ2v) is 4.28. The summed E-state index contributed by atoms with van der Waals surface area (Å²) < 4.78 is 11.8. The number of nitrogens with zero attached hydrogens (tertiary/aromatic N) is 1. The molecule has 5 heteroatoms. The Morgan fingerprint density at radius 2 is 2.44 bits per heavy atom. The molecule has 1 aromatic carbocycles. The molecule has 0 saturated carbocycles. The number of halogens is 1. The van der Waals surface area contributed by atoms with E-state index in [0.717, 1.165) is 39.9 Å². The summed E-state index contributed by atoms with van der Waals surface area (Å²) in [5.74, 6) is 1.50. The van der Waals surface area contributed by atoms with Crippen LogP contribution in [0.5, 0.6) is 11.5 Å². The van der Waals surface area contributed by atoms with Crippen LogP contribution in [0.25, 0.3) is 0 Å². The lowest BCUT2D eigenvalue weighted by molar-refractivity contribution is 0.285. The number of hydrogen-bond acceptors (Lipinski definition) is 4. The molecule has 0 aromatic heterocycles. The lowest BCUT2D eigenvalue weighted by Gasteiger charge is -2.21. The average molecular weight is 286 g/mol. The zero-order valence-electron chi connectivity index (χ0n) is 8.86. The number of methoxy groups -OCH3 is 1. The molecule has 16 heavy (non-hydrogen) atoms. The highest BCUT2D eigenvalue weighted by Gasteiger charge is 2.20. The first-order valence-corrected chi connectivity index (χ1v) is 5.76. The fourth-order valence-corrected chi connectivity index (χ4v) is 2.47. The van der Waals surface area contributed by atoms with Gasteiger partial charge in [-0.25, -0.2) is 0 Å². The van der Waals surface area contributed by atoms with Gasteiger partial charge in [0.05, 0.1) is 24.4 Å². The van der Waals surface area contributed by atoms with Crippen molar-refractivity contribution < 1.29 is 14.7 Å². The lowest BCUT2D eigenvalue weighted by Crippen LogP contribution is -2.11. The summed E-state index contributed by atoms with van der Waals surface area (Å²) in [6.45, 7) is 0.692. The highest BCUT2D eigenvalue weighted by atomic mass is 79.9. The summed E-state index contributed by atoms with van der Waals surface area (Å²) in [6.07, 6.45) is 3.27. The van der Waals surface area contributed by atoms with Crippen LogP contribution in [0.15, 0.2) is 15.7 Å². The van der Waals surface area contributed by atoms with Crippen molar-refractivity contribution in [2.45, 2.75) is 12.8 Å². The summed E-state index contributed by atoms with van der Waals surface area (Å²) in [6, 6.07) is 1.79. The molecule has 1 aliphatic heterocycles. The van der Waals surface area contributed by atoms with E-state index in [0.29, 0.717) is 6.61 Å². The van der Waals surface area contributed by atoms with Crippen LogP contribution < -0.4 is 9.47 Å². The summed E-state index contributed by atoms with van der Waals surface area (Å²) in [5, 5.41) is 11.7. The van der Waals surface area contributed by atoms with Gasteiger partial charge >= 0.3 is 0 Å². The summed E-state index contributed by atoms with van der Waals surface area (Å²) in [4.78, 5) is 0. The molecule has 0 radical (unpaired) electrons. The number of benzene rings is 1. The maximum Gasteiger partial charge on any atom is 0.134 e. The minimum Gasteiger partial charge on any atom is -0.496 e. The number of oxime groups is 1. The van der Waals surface area contributed by atoms with Gasteiger partial charge in [0.2, 0.25) is 0 Å². The van der Waals surface area contributed by atoms with Crippen LogP contribution in [0.3, 0.4) is 0 Å². The number of fused-ring (bicyclic) bond motifs is 1. The molecule has 0 bridgehead atoms. The van der Waals surface area contributed by atoms with Crippen molar-refractivity contribution in [1.29, 1.82) is 0 Å². The molecule has 86 valence electrons. The van der Waals surface area contributed by atoms with Crippen LogP contribution >= 0.6 is 15.9 Å². The highest BCUT2D eigenvalue weighted by Crippen LogP contribution is 2.40. The number of hydrogen-bond donors (Lipinski definition) is 1.